The lowest BCUT2D eigenvalue weighted by Crippen LogP contribution is -2.47. The van der Waals surface area contributed by atoms with Crippen molar-refractivity contribution in [2.45, 2.75) is 26.3 Å². The van der Waals surface area contributed by atoms with E-state index in [9.17, 15) is 4.79 Å². The average Bonchev–Trinajstić information content (AvgIpc) is 2.33. The van der Waals surface area contributed by atoms with Gasteiger partial charge in [0.25, 0.3) is 0 Å². The summed E-state index contributed by atoms with van der Waals surface area (Å²) < 4.78 is 5.34. The first-order valence-corrected chi connectivity index (χ1v) is 5.94. The monoisotopic (exact) mass is 251 g/mol. The van der Waals surface area contributed by atoms with Gasteiger partial charge in [-0.15, -0.1) is 0 Å². The number of morpholine rings is 1. The maximum absolute atomic E-state index is 10.8. The number of rotatable bonds is 3. The van der Waals surface area contributed by atoms with E-state index in [1.54, 1.807) is 6.20 Å². The molecule has 1 aliphatic rings. The van der Waals surface area contributed by atoms with Crippen molar-refractivity contribution < 1.29 is 14.6 Å². The molecule has 1 fully saturated rings. The molecular formula is C12H17N3O3. The highest BCUT2D eigenvalue weighted by atomic mass is 16.5. The maximum atomic E-state index is 10.8. The molecule has 0 bridgehead atoms. The highest BCUT2D eigenvalue weighted by Gasteiger charge is 2.26. The molecule has 1 N–H and O–H groups in total. The Morgan fingerprint density at radius 1 is 1.56 bits per heavy atom. The van der Waals surface area contributed by atoms with Gasteiger partial charge in [-0.05, 0) is 13.8 Å². The quantitative estimate of drug-likeness (QED) is 0.855. The third-order valence-corrected chi connectivity index (χ3v) is 3.11. The minimum absolute atomic E-state index is 0.0502. The molecule has 1 aliphatic heterocycles. The van der Waals surface area contributed by atoms with Gasteiger partial charge in [0.2, 0.25) is 0 Å². The van der Waals surface area contributed by atoms with Gasteiger partial charge in [0.15, 0.2) is 0 Å². The van der Waals surface area contributed by atoms with Crippen LogP contribution in [0, 0.1) is 13.8 Å². The maximum Gasteiger partial charge on any atom is 0.305 e. The lowest BCUT2D eigenvalue weighted by Gasteiger charge is -2.35. The van der Waals surface area contributed by atoms with Crippen LogP contribution in [0.25, 0.3) is 0 Å². The SMILES string of the molecule is Cc1ncc(N2CCOCC2CC(=O)O)nc1C. The Kier molecular flexibility index (Phi) is 3.76. The number of hydrogen-bond acceptors (Lipinski definition) is 5. The molecule has 0 saturated carbocycles. The van der Waals surface area contributed by atoms with Crippen LogP contribution in [-0.2, 0) is 9.53 Å². The van der Waals surface area contributed by atoms with Gasteiger partial charge in [0, 0.05) is 6.54 Å². The summed E-state index contributed by atoms with van der Waals surface area (Å²) in [6.45, 7) is 5.46. The predicted octanol–water partition coefficient (Wildman–Crippen LogP) is 0.773. The topological polar surface area (TPSA) is 75.6 Å². The molecule has 1 aromatic heterocycles. The number of carbonyl (C=O) groups is 1. The van der Waals surface area contributed by atoms with Gasteiger partial charge in [0.05, 0.1) is 43.3 Å². The van der Waals surface area contributed by atoms with E-state index in [-0.39, 0.29) is 12.5 Å². The van der Waals surface area contributed by atoms with Crippen molar-refractivity contribution in [1.82, 2.24) is 9.97 Å². The lowest BCUT2D eigenvalue weighted by atomic mass is 10.1. The molecule has 0 aromatic carbocycles. The van der Waals surface area contributed by atoms with Crippen LogP contribution in [0.2, 0.25) is 0 Å². The summed E-state index contributed by atoms with van der Waals surface area (Å²) in [5, 5.41) is 8.91. The highest BCUT2D eigenvalue weighted by Crippen LogP contribution is 2.19. The molecule has 2 rings (SSSR count). The standard InChI is InChI=1S/C12H17N3O3/c1-8-9(2)14-11(6-13-8)15-3-4-18-7-10(15)5-12(16)17/h6,10H,3-5,7H2,1-2H3,(H,16,17). The Balaban J connectivity index is 2.22. The third kappa shape index (κ3) is 2.76. The summed E-state index contributed by atoms with van der Waals surface area (Å²) in [5.74, 6) is -0.0973. The minimum Gasteiger partial charge on any atom is -0.481 e. The van der Waals surface area contributed by atoms with Gasteiger partial charge in [-0.3, -0.25) is 9.78 Å². The van der Waals surface area contributed by atoms with Gasteiger partial charge >= 0.3 is 5.97 Å². The Labute approximate surface area is 106 Å². The second-order valence-electron chi connectivity index (χ2n) is 4.42. The fourth-order valence-corrected chi connectivity index (χ4v) is 2.00. The molecule has 0 amide bonds. The third-order valence-electron chi connectivity index (χ3n) is 3.11. The molecular weight excluding hydrogens is 234 g/mol. The number of hydrogen-bond donors (Lipinski definition) is 1. The molecule has 18 heavy (non-hydrogen) atoms. The van der Waals surface area contributed by atoms with Crippen molar-refractivity contribution >= 4 is 11.8 Å². The normalized spacial score (nSPS) is 19.9. The first-order valence-electron chi connectivity index (χ1n) is 5.94. The molecule has 98 valence electrons. The van der Waals surface area contributed by atoms with Crippen molar-refractivity contribution in [1.29, 1.82) is 0 Å². The molecule has 6 heteroatoms. The summed E-state index contributed by atoms with van der Waals surface area (Å²) in [7, 11) is 0. The van der Waals surface area contributed by atoms with Crippen LogP contribution in [0.3, 0.4) is 0 Å². The van der Waals surface area contributed by atoms with Crippen LogP contribution in [0.15, 0.2) is 6.20 Å². The van der Waals surface area contributed by atoms with Gasteiger partial charge in [-0.1, -0.05) is 0 Å². The Hall–Kier alpha value is -1.69. The number of carboxylic acids is 1. The second kappa shape index (κ2) is 5.30. The molecule has 1 unspecified atom stereocenters. The zero-order chi connectivity index (χ0) is 13.1. The number of aryl methyl sites for hydroxylation is 2. The van der Waals surface area contributed by atoms with E-state index in [4.69, 9.17) is 9.84 Å². The minimum atomic E-state index is -0.827. The van der Waals surface area contributed by atoms with Gasteiger partial charge in [0.1, 0.15) is 5.82 Å². The van der Waals surface area contributed by atoms with E-state index in [0.29, 0.717) is 19.8 Å². The summed E-state index contributed by atoms with van der Waals surface area (Å²) in [5.41, 5.74) is 1.76. The van der Waals surface area contributed by atoms with E-state index >= 15 is 0 Å². The summed E-state index contributed by atoms with van der Waals surface area (Å²) in [6.07, 6.45) is 1.75. The zero-order valence-corrected chi connectivity index (χ0v) is 10.6. The fourth-order valence-electron chi connectivity index (χ4n) is 2.00. The molecule has 1 atom stereocenters. The van der Waals surface area contributed by atoms with Crippen LogP contribution < -0.4 is 4.90 Å². The fraction of sp³-hybridized carbons (Fsp3) is 0.583. The largest absolute Gasteiger partial charge is 0.481 e. The van der Waals surface area contributed by atoms with Crippen molar-refractivity contribution in [3.63, 3.8) is 0 Å². The van der Waals surface area contributed by atoms with Crippen molar-refractivity contribution in [3.8, 4) is 0 Å². The van der Waals surface area contributed by atoms with E-state index in [0.717, 1.165) is 17.2 Å². The molecule has 0 spiro atoms. The van der Waals surface area contributed by atoms with Crippen LogP contribution in [0.1, 0.15) is 17.8 Å². The first-order chi connectivity index (χ1) is 8.58. The van der Waals surface area contributed by atoms with E-state index in [2.05, 4.69) is 9.97 Å². The zero-order valence-electron chi connectivity index (χ0n) is 10.6. The van der Waals surface area contributed by atoms with Crippen LogP contribution in [-0.4, -0.2) is 46.8 Å². The smallest absolute Gasteiger partial charge is 0.305 e. The summed E-state index contributed by atoms with van der Waals surface area (Å²) in [4.78, 5) is 21.6. The predicted molar refractivity (Wildman–Crippen MR) is 65.7 cm³/mol. The number of aliphatic carboxylic acids is 1. The Bertz CT molecular complexity index is 450. The molecule has 1 saturated heterocycles. The van der Waals surface area contributed by atoms with Gasteiger partial charge in [-0.2, -0.15) is 0 Å². The van der Waals surface area contributed by atoms with E-state index in [1.165, 1.54) is 0 Å². The Morgan fingerprint density at radius 3 is 3.00 bits per heavy atom. The van der Waals surface area contributed by atoms with Crippen LogP contribution >= 0.6 is 0 Å². The van der Waals surface area contributed by atoms with Gasteiger partial charge < -0.3 is 14.7 Å². The van der Waals surface area contributed by atoms with E-state index < -0.39 is 5.97 Å². The van der Waals surface area contributed by atoms with Crippen molar-refractivity contribution in [2.75, 3.05) is 24.7 Å². The van der Waals surface area contributed by atoms with Crippen LogP contribution in [0.4, 0.5) is 5.82 Å². The number of anilines is 1. The first kappa shape index (κ1) is 12.8. The number of ether oxygens (including phenoxy) is 1. The van der Waals surface area contributed by atoms with E-state index in [1.807, 2.05) is 18.7 Å². The summed E-state index contributed by atoms with van der Waals surface area (Å²) in [6, 6.07) is -0.173. The van der Waals surface area contributed by atoms with Crippen molar-refractivity contribution in [2.24, 2.45) is 0 Å². The highest BCUT2D eigenvalue weighted by molar-refractivity contribution is 5.68. The number of aromatic nitrogens is 2. The Morgan fingerprint density at radius 2 is 2.33 bits per heavy atom. The molecule has 2 heterocycles. The molecule has 0 radical (unpaired) electrons. The number of nitrogens with zero attached hydrogens (tertiary/aromatic N) is 3. The number of carboxylic acid groups (broad SMARTS) is 1. The van der Waals surface area contributed by atoms with Crippen LogP contribution in [0.5, 0.6) is 0 Å². The second-order valence-corrected chi connectivity index (χ2v) is 4.42. The summed E-state index contributed by atoms with van der Waals surface area (Å²) >= 11 is 0. The molecule has 0 aliphatic carbocycles. The van der Waals surface area contributed by atoms with Crippen molar-refractivity contribution in [3.05, 3.63) is 17.6 Å². The van der Waals surface area contributed by atoms with Gasteiger partial charge in [-0.25, -0.2) is 4.98 Å². The molecule has 6 nitrogen and oxygen atoms in total. The average molecular weight is 251 g/mol. The lowest BCUT2D eigenvalue weighted by molar-refractivity contribution is -0.138. The molecule has 1 aromatic rings.